The molecule has 0 saturated heterocycles. The highest BCUT2D eigenvalue weighted by atomic mass is 79.9. The van der Waals surface area contributed by atoms with Gasteiger partial charge in [-0.25, -0.2) is 14.6 Å². The van der Waals surface area contributed by atoms with Crippen molar-refractivity contribution in [1.82, 2.24) is 24.3 Å². The van der Waals surface area contributed by atoms with Crippen LogP contribution in [0.2, 0.25) is 0 Å². The van der Waals surface area contributed by atoms with Crippen molar-refractivity contribution in [2.45, 2.75) is 0 Å². The number of aryl methyl sites for hydroxylation is 1. The van der Waals surface area contributed by atoms with Crippen LogP contribution in [0.15, 0.2) is 47.7 Å². The summed E-state index contributed by atoms with van der Waals surface area (Å²) in [5, 5.41) is 6.78. The first kappa shape index (κ1) is 13.5. The van der Waals surface area contributed by atoms with Gasteiger partial charge in [0.2, 0.25) is 0 Å². The number of aromatic nitrogens is 5. The maximum Gasteiger partial charge on any atom is 0.272 e. The smallest absolute Gasteiger partial charge is 0.272 e. The number of carbonyl (C=O) groups is 1. The fourth-order valence-corrected chi connectivity index (χ4v) is 2.39. The highest BCUT2D eigenvalue weighted by Crippen LogP contribution is 2.16. The third kappa shape index (κ3) is 2.84. The van der Waals surface area contributed by atoms with Gasteiger partial charge in [0.25, 0.3) is 5.91 Å². The summed E-state index contributed by atoms with van der Waals surface area (Å²) in [6, 6.07) is 5.28. The number of hydrogen-bond donors (Lipinski definition) is 1. The van der Waals surface area contributed by atoms with Crippen LogP contribution in [0.25, 0.3) is 5.82 Å². The lowest BCUT2D eigenvalue weighted by molar-refractivity contribution is 0.101. The van der Waals surface area contributed by atoms with Crippen molar-refractivity contribution in [2.24, 2.45) is 7.05 Å². The molecule has 0 radical (unpaired) electrons. The van der Waals surface area contributed by atoms with Gasteiger partial charge in [-0.1, -0.05) is 0 Å². The molecule has 0 atom stereocenters. The number of hydrogen-bond acceptors (Lipinski definition) is 4. The van der Waals surface area contributed by atoms with E-state index in [9.17, 15) is 4.79 Å². The van der Waals surface area contributed by atoms with E-state index in [-0.39, 0.29) is 5.91 Å². The van der Waals surface area contributed by atoms with Gasteiger partial charge >= 0.3 is 0 Å². The molecule has 3 rings (SSSR count). The average Bonchev–Trinajstić information content (AvgIpc) is 3.09. The first-order valence-corrected chi connectivity index (χ1v) is 6.87. The number of halogens is 1. The SMILES string of the molecule is Cn1cc(Br)cc1C(=O)Nc1ccc(-n2cncn2)nc1. The van der Waals surface area contributed by atoms with Crippen LogP contribution in [0.4, 0.5) is 5.69 Å². The Morgan fingerprint density at radius 2 is 2.24 bits per heavy atom. The molecule has 3 heterocycles. The second-order valence-electron chi connectivity index (χ2n) is 4.35. The van der Waals surface area contributed by atoms with Crippen molar-refractivity contribution < 1.29 is 4.79 Å². The number of anilines is 1. The third-order valence-electron chi connectivity index (χ3n) is 2.86. The van der Waals surface area contributed by atoms with E-state index in [0.717, 1.165) is 4.47 Å². The van der Waals surface area contributed by atoms with Gasteiger partial charge in [0, 0.05) is 17.7 Å². The van der Waals surface area contributed by atoms with Crippen molar-refractivity contribution in [2.75, 3.05) is 5.32 Å². The van der Waals surface area contributed by atoms with E-state index in [1.165, 1.54) is 6.33 Å². The summed E-state index contributed by atoms with van der Waals surface area (Å²) in [7, 11) is 1.81. The molecule has 0 aliphatic heterocycles. The Bertz CT molecular complexity index is 763. The van der Waals surface area contributed by atoms with Crippen LogP contribution in [0.1, 0.15) is 10.5 Å². The van der Waals surface area contributed by atoms with Crippen LogP contribution in [0, 0.1) is 0 Å². The molecule has 0 saturated carbocycles. The second kappa shape index (κ2) is 5.49. The Kier molecular flexibility index (Phi) is 3.53. The van der Waals surface area contributed by atoms with Crippen LogP contribution in [-0.2, 0) is 7.05 Å². The van der Waals surface area contributed by atoms with Gasteiger partial charge in [-0.2, -0.15) is 5.10 Å². The molecule has 3 aromatic heterocycles. The van der Waals surface area contributed by atoms with Crippen molar-refractivity contribution in [3.63, 3.8) is 0 Å². The van der Waals surface area contributed by atoms with E-state index >= 15 is 0 Å². The fraction of sp³-hybridized carbons (Fsp3) is 0.0769. The number of amides is 1. The molecule has 0 fully saturated rings. The predicted octanol–water partition coefficient (Wildman–Crippen LogP) is 2.02. The zero-order valence-electron chi connectivity index (χ0n) is 11.1. The van der Waals surface area contributed by atoms with Crippen molar-refractivity contribution in [1.29, 1.82) is 0 Å². The van der Waals surface area contributed by atoms with E-state index in [0.29, 0.717) is 17.2 Å². The molecule has 7 nitrogen and oxygen atoms in total. The van der Waals surface area contributed by atoms with Gasteiger partial charge in [-0.05, 0) is 34.1 Å². The molecule has 0 aliphatic carbocycles. The van der Waals surface area contributed by atoms with E-state index < -0.39 is 0 Å². The summed E-state index contributed by atoms with van der Waals surface area (Å²) in [6.07, 6.45) is 6.39. The molecule has 0 spiro atoms. The Morgan fingerprint density at radius 3 is 2.81 bits per heavy atom. The highest BCUT2D eigenvalue weighted by Gasteiger charge is 2.11. The summed E-state index contributed by atoms with van der Waals surface area (Å²) in [4.78, 5) is 20.2. The lowest BCUT2D eigenvalue weighted by atomic mass is 10.3. The van der Waals surface area contributed by atoms with Gasteiger partial charge in [-0.15, -0.1) is 0 Å². The van der Waals surface area contributed by atoms with Crippen molar-refractivity contribution in [3.8, 4) is 5.82 Å². The van der Waals surface area contributed by atoms with Crippen molar-refractivity contribution in [3.05, 3.63) is 53.4 Å². The minimum Gasteiger partial charge on any atom is -0.345 e. The zero-order chi connectivity index (χ0) is 14.8. The van der Waals surface area contributed by atoms with E-state index in [1.807, 2.05) is 13.2 Å². The molecular formula is C13H11BrN6O. The Morgan fingerprint density at radius 1 is 1.38 bits per heavy atom. The van der Waals surface area contributed by atoms with Crippen LogP contribution in [-0.4, -0.2) is 30.2 Å². The Balaban J connectivity index is 1.76. The maximum absolute atomic E-state index is 12.2. The zero-order valence-corrected chi connectivity index (χ0v) is 12.6. The largest absolute Gasteiger partial charge is 0.345 e. The second-order valence-corrected chi connectivity index (χ2v) is 5.27. The van der Waals surface area contributed by atoms with E-state index in [4.69, 9.17) is 0 Å². The Labute approximate surface area is 128 Å². The summed E-state index contributed by atoms with van der Waals surface area (Å²) >= 11 is 3.34. The molecule has 21 heavy (non-hydrogen) atoms. The topological polar surface area (TPSA) is 77.6 Å². The highest BCUT2D eigenvalue weighted by molar-refractivity contribution is 9.10. The minimum absolute atomic E-state index is 0.196. The first-order chi connectivity index (χ1) is 10.1. The molecule has 0 aromatic carbocycles. The Hall–Kier alpha value is -2.48. The quantitative estimate of drug-likeness (QED) is 0.786. The minimum atomic E-state index is -0.196. The third-order valence-corrected chi connectivity index (χ3v) is 3.30. The van der Waals surface area contributed by atoms with Gasteiger partial charge < -0.3 is 9.88 Å². The molecule has 0 aliphatic rings. The fourth-order valence-electron chi connectivity index (χ4n) is 1.87. The molecule has 1 N–H and O–H groups in total. The molecule has 3 aromatic rings. The predicted molar refractivity (Wildman–Crippen MR) is 80.2 cm³/mol. The van der Waals surface area contributed by atoms with Gasteiger partial charge in [0.15, 0.2) is 5.82 Å². The number of rotatable bonds is 3. The molecule has 8 heteroatoms. The number of pyridine rings is 1. The van der Waals surface area contributed by atoms with Gasteiger partial charge in [0.05, 0.1) is 11.9 Å². The molecule has 106 valence electrons. The van der Waals surface area contributed by atoms with Gasteiger partial charge in [-0.3, -0.25) is 4.79 Å². The summed E-state index contributed by atoms with van der Waals surface area (Å²) in [6.45, 7) is 0. The van der Waals surface area contributed by atoms with E-state index in [1.54, 1.807) is 40.0 Å². The lowest BCUT2D eigenvalue weighted by Crippen LogP contribution is -2.15. The summed E-state index contributed by atoms with van der Waals surface area (Å²) < 4.78 is 4.14. The maximum atomic E-state index is 12.2. The van der Waals surface area contributed by atoms with Crippen molar-refractivity contribution >= 4 is 27.5 Å². The summed E-state index contributed by atoms with van der Waals surface area (Å²) in [5.41, 5.74) is 1.17. The summed E-state index contributed by atoms with van der Waals surface area (Å²) in [5.74, 6) is 0.436. The molecule has 0 bridgehead atoms. The molecular weight excluding hydrogens is 336 g/mol. The monoisotopic (exact) mass is 346 g/mol. The number of nitrogens with zero attached hydrogens (tertiary/aromatic N) is 5. The van der Waals surface area contributed by atoms with E-state index in [2.05, 4.69) is 36.3 Å². The average molecular weight is 347 g/mol. The first-order valence-electron chi connectivity index (χ1n) is 6.08. The van der Waals surface area contributed by atoms with Crippen LogP contribution < -0.4 is 5.32 Å². The van der Waals surface area contributed by atoms with Gasteiger partial charge in [0.1, 0.15) is 18.3 Å². The molecule has 1 amide bonds. The standard InChI is InChI=1S/C13H11BrN6O/c1-19-6-9(14)4-11(19)13(21)18-10-2-3-12(16-5-10)20-8-15-7-17-20/h2-8H,1H3,(H,18,21). The van der Waals surface area contributed by atoms with Crippen LogP contribution in [0.5, 0.6) is 0 Å². The molecule has 0 unspecified atom stereocenters. The normalized spacial score (nSPS) is 10.6. The lowest BCUT2D eigenvalue weighted by Gasteiger charge is -2.06. The number of nitrogens with one attached hydrogen (secondary N) is 1. The van der Waals surface area contributed by atoms with Crippen LogP contribution in [0.3, 0.4) is 0 Å². The van der Waals surface area contributed by atoms with Crippen LogP contribution >= 0.6 is 15.9 Å². The number of carbonyl (C=O) groups excluding carboxylic acids is 1.